The van der Waals surface area contributed by atoms with E-state index in [1.165, 1.54) is 0 Å². The van der Waals surface area contributed by atoms with Gasteiger partial charge in [-0.05, 0) is 24.4 Å². The summed E-state index contributed by atoms with van der Waals surface area (Å²) < 4.78 is 6.36. The van der Waals surface area contributed by atoms with Crippen LogP contribution in [0.5, 0.6) is 0 Å². The SMILES string of the molecule is O=C(NCc1nnc2n1CCCC2)c1nc(-c2ccccc2)ns1. The molecule has 0 saturated carbocycles. The van der Waals surface area contributed by atoms with E-state index >= 15 is 0 Å². The fraction of sp³-hybridized carbons (Fsp3) is 0.312. The third-order valence-electron chi connectivity index (χ3n) is 4.00. The van der Waals surface area contributed by atoms with Crippen molar-refractivity contribution in [3.63, 3.8) is 0 Å². The van der Waals surface area contributed by atoms with Crippen molar-refractivity contribution in [2.24, 2.45) is 0 Å². The van der Waals surface area contributed by atoms with E-state index in [-0.39, 0.29) is 5.91 Å². The van der Waals surface area contributed by atoms with Gasteiger partial charge in [0.25, 0.3) is 5.91 Å². The molecule has 24 heavy (non-hydrogen) atoms. The number of carbonyl (C=O) groups is 1. The predicted octanol–water partition coefficient (Wildman–Crippen LogP) is 2.06. The first-order valence-electron chi connectivity index (χ1n) is 7.89. The molecular formula is C16H16N6OS. The Morgan fingerprint density at radius 3 is 2.96 bits per heavy atom. The summed E-state index contributed by atoms with van der Waals surface area (Å²) >= 11 is 1.10. The quantitative estimate of drug-likeness (QED) is 0.786. The number of rotatable bonds is 4. The zero-order valence-electron chi connectivity index (χ0n) is 13.0. The van der Waals surface area contributed by atoms with Crippen molar-refractivity contribution in [2.75, 3.05) is 0 Å². The minimum atomic E-state index is -0.233. The molecular weight excluding hydrogens is 324 g/mol. The van der Waals surface area contributed by atoms with Crippen LogP contribution in [0.2, 0.25) is 0 Å². The molecule has 7 nitrogen and oxygen atoms in total. The molecule has 1 aliphatic rings. The first kappa shape index (κ1) is 14.9. The van der Waals surface area contributed by atoms with Gasteiger partial charge in [0.1, 0.15) is 5.82 Å². The highest BCUT2D eigenvalue weighted by atomic mass is 32.1. The van der Waals surface area contributed by atoms with Crippen LogP contribution in [0, 0.1) is 0 Å². The van der Waals surface area contributed by atoms with Crippen LogP contribution >= 0.6 is 11.5 Å². The fourth-order valence-corrected chi connectivity index (χ4v) is 3.36. The number of nitrogens with one attached hydrogen (secondary N) is 1. The summed E-state index contributed by atoms with van der Waals surface area (Å²) in [6.07, 6.45) is 3.23. The lowest BCUT2D eigenvalue weighted by Gasteiger charge is -2.14. The van der Waals surface area contributed by atoms with Crippen LogP contribution in [0.25, 0.3) is 11.4 Å². The Morgan fingerprint density at radius 1 is 1.21 bits per heavy atom. The van der Waals surface area contributed by atoms with Crippen LogP contribution in [0.3, 0.4) is 0 Å². The molecule has 1 N–H and O–H groups in total. The molecule has 3 aromatic rings. The largest absolute Gasteiger partial charge is 0.343 e. The molecule has 0 radical (unpaired) electrons. The van der Waals surface area contributed by atoms with E-state index in [9.17, 15) is 4.79 Å². The first-order valence-corrected chi connectivity index (χ1v) is 8.67. The maximum Gasteiger partial charge on any atom is 0.282 e. The van der Waals surface area contributed by atoms with E-state index in [1.54, 1.807) is 0 Å². The van der Waals surface area contributed by atoms with E-state index in [0.29, 0.717) is 17.4 Å². The minimum absolute atomic E-state index is 0.233. The van der Waals surface area contributed by atoms with Gasteiger partial charge < -0.3 is 9.88 Å². The molecule has 1 aliphatic heterocycles. The summed E-state index contributed by atoms with van der Waals surface area (Å²) in [6, 6.07) is 9.62. The monoisotopic (exact) mass is 340 g/mol. The average molecular weight is 340 g/mol. The lowest BCUT2D eigenvalue weighted by atomic mass is 10.2. The summed E-state index contributed by atoms with van der Waals surface area (Å²) in [6.45, 7) is 1.27. The second kappa shape index (κ2) is 6.48. The lowest BCUT2D eigenvalue weighted by Crippen LogP contribution is -2.25. The third kappa shape index (κ3) is 2.92. The van der Waals surface area contributed by atoms with Crippen molar-refractivity contribution in [1.29, 1.82) is 0 Å². The Morgan fingerprint density at radius 2 is 2.08 bits per heavy atom. The van der Waals surface area contributed by atoms with Gasteiger partial charge >= 0.3 is 0 Å². The summed E-state index contributed by atoms with van der Waals surface area (Å²) in [5.74, 6) is 2.15. The Balaban J connectivity index is 1.44. The van der Waals surface area contributed by atoms with Crippen molar-refractivity contribution in [3.05, 3.63) is 47.0 Å². The maximum absolute atomic E-state index is 12.3. The molecule has 0 atom stereocenters. The van der Waals surface area contributed by atoms with Gasteiger partial charge in [0.2, 0.25) is 5.01 Å². The van der Waals surface area contributed by atoms with Gasteiger partial charge in [-0.3, -0.25) is 4.79 Å². The Hall–Kier alpha value is -2.61. The zero-order chi connectivity index (χ0) is 16.4. The normalized spacial score (nSPS) is 13.5. The summed E-state index contributed by atoms with van der Waals surface area (Å²) in [4.78, 5) is 16.6. The third-order valence-corrected chi connectivity index (χ3v) is 4.71. The van der Waals surface area contributed by atoms with Crippen LogP contribution in [-0.4, -0.2) is 30.0 Å². The number of aryl methyl sites for hydroxylation is 1. The molecule has 4 rings (SSSR count). The number of benzene rings is 1. The highest BCUT2D eigenvalue weighted by Crippen LogP contribution is 2.18. The number of aromatic nitrogens is 5. The van der Waals surface area contributed by atoms with Gasteiger partial charge in [-0.15, -0.1) is 10.2 Å². The van der Waals surface area contributed by atoms with E-state index in [0.717, 1.165) is 54.6 Å². The molecule has 0 aliphatic carbocycles. The molecule has 0 saturated heterocycles. The topological polar surface area (TPSA) is 85.6 Å². The van der Waals surface area contributed by atoms with Gasteiger partial charge in [0.05, 0.1) is 6.54 Å². The number of hydrogen-bond donors (Lipinski definition) is 1. The second-order valence-electron chi connectivity index (χ2n) is 5.61. The van der Waals surface area contributed by atoms with Crippen molar-refractivity contribution >= 4 is 17.4 Å². The van der Waals surface area contributed by atoms with Crippen molar-refractivity contribution in [2.45, 2.75) is 32.4 Å². The molecule has 3 heterocycles. The Kier molecular flexibility index (Phi) is 4.04. The van der Waals surface area contributed by atoms with Crippen molar-refractivity contribution in [1.82, 2.24) is 29.4 Å². The first-order chi connectivity index (χ1) is 11.8. The molecule has 122 valence electrons. The Bertz CT molecular complexity index is 857. The average Bonchev–Trinajstić information content (AvgIpc) is 3.28. The van der Waals surface area contributed by atoms with Crippen LogP contribution in [0.15, 0.2) is 30.3 Å². The van der Waals surface area contributed by atoms with Gasteiger partial charge in [0.15, 0.2) is 11.6 Å². The summed E-state index contributed by atoms with van der Waals surface area (Å²) in [5.41, 5.74) is 0.902. The smallest absolute Gasteiger partial charge is 0.282 e. The summed E-state index contributed by atoms with van der Waals surface area (Å²) in [5, 5.41) is 11.6. The molecule has 0 bridgehead atoms. The lowest BCUT2D eigenvalue weighted by molar-refractivity contribution is 0.0949. The van der Waals surface area contributed by atoms with Gasteiger partial charge in [0, 0.05) is 18.5 Å². The highest BCUT2D eigenvalue weighted by molar-refractivity contribution is 7.07. The van der Waals surface area contributed by atoms with Crippen LogP contribution in [0.4, 0.5) is 0 Å². The maximum atomic E-state index is 12.3. The van der Waals surface area contributed by atoms with Crippen molar-refractivity contribution in [3.8, 4) is 11.4 Å². The molecule has 0 unspecified atom stereocenters. The van der Waals surface area contributed by atoms with Gasteiger partial charge in [-0.25, -0.2) is 4.98 Å². The highest BCUT2D eigenvalue weighted by Gasteiger charge is 2.18. The minimum Gasteiger partial charge on any atom is -0.343 e. The molecule has 1 amide bonds. The molecule has 0 spiro atoms. The summed E-state index contributed by atoms with van der Waals surface area (Å²) in [7, 11) is 0. The van der Waals surface area contributed by atoms with E-state index in [2.05, 4.69) is 29.4 Å². The Labute approximate surface area is 142 Å². The molecule has 0 fully saturated rings. The van der Waals surface area contributed by atoms with Crippen LogP contribution < -0.4 is 5.32 Å². The number of nitrogens with zero attached hydrogens (tertiary/aromatic N) is 5. The fourth-order valence-electron chi connectivity index (χ4n) is 2.75. The van der Waals surface area contributed by atoms with E-state index < -0.39 is 0 Å². The van der Waals surface area contributed by atoms with Crippen LogP contribution in [-0.2, 0) is 19.5 Å². The van der Waals surface area contributed by atoms with Crippen LogP contribution in [0.1, 0.15) is 34.3 Å². The second-order valence-corrected chi connectivity index (χ2v) is 6.36. The molecule has 2 aromatic heterocycles. The number of carbonyl (C=O) groups excluding carboxylic acids is 1. The zero-order valence-corrected chi connectivity index (χ0v) is 13.8. The van der Waals surface area contributed by atoms with E-state index in [4.69, 9.17) is 0 Å². The predicted molar refractivity (Wildman–Crippen MR) is 89.5 cm³/mol. The van der Waals surface area contributed by atoms with Crippen molar-refractivity contribution < 1.29 is 4.79 Å². The van der Waals surface area contributed by atoms with E-state index in [1.807, 2.05) is 30.3 Å². The van der Waals surface area contributed by atoms with Gasteiger partial charge in [-0.2, -0.15) is 4.37 Å². The number of fused-ring (bicyclic) bond motifs is 1. The molecule has 1 aromatic carbocycles. The van der Waals surface area contributed by atoms with Gasteiger partial charge in [-0.1, -0.05) is 30.3 Å². The number of amides is 1. The molecule has 8 heteroatoms. The standard InChI is InChI=1S/C16H16N6OS/c23-15(16-18-14(21-24-16)11-6-2-1-3-7-11)17-10-13-20-19-12-8-4-5-9-22(12)13/h1-3,6-7H,4-5,8-10H2,(H,17,23). The number of hydrogen-bond acceptors (Lipinski definition) is 6.